The van der Waals surface area contributed by atoms with Gasteiger partial charge in [-0.15, -0.1) is 0 Å². The van der Waals surface area contributed by atoms with Gasteiger partial charge in [-0.1, -0.05) is 6.07 Å². The van der Waals surface area contributed by atoms with Crippen molar-refractivity contribution >= 4 is 11.7 Å². The van der Waals surface area contributed by atoms with Gasteiger partial charge in [0.15, 0.2) is 0 Å². The molecule has 0 aromatic heterocycles. The first-order chi connectivity index (χ1) is 9.47. The summed E-state index contributed by atoms with van der Waals surface area (Å²) in [6, 6.07) is 6.23. The molecule has 0 spiro atoms. The number of hydrogen-bond acceptors (Lipinski definition) is 4. The fourth-order valence-corrected chi connectivity index (χ4v) is 2.25. The fourth-order valence-electron chi connectivity index (χ4n) is 2.25. The second-order valence-corrected chi connectivity index (χ2v) is 5.15. The molecule has 0 radical (unpaired) electrons. The van der Waals surface area contributed by atoms with Crippen molar-refractivity contribution in [1.82, 2.24) is 5.32 Å². The van der Waals surface area contributed by atoms with Crippen molar-refractivity contribution < 1.29 is 9.53 Å². The van der Waals surface area contributed by atoms with E-state index in [1.165, 1.54) is 16.8 Å². The van der Waals surface area contributed by atoms with Crippen molar-refractivity contribution in [3.8, 4) is 0 Å². The van der Waals surface area contributed by atoms with Crippen LogP contribution in [0.2, 0.25) is 0 Å². The van der Waals surface area contributed by atoms with Gasteiger partial charge in [0, 0.05) is 19.3 Å². The lowest BCUT2D eigenvalue weighted by molar-refractivity contribution is -0.145. The number of nitrogens with one attached hydrogen (secondary N) is 1. The number of likely N-dealkylation sites (N-methyl/N-ethyl adjacent to an activating group) is 1. The molecular weight excluding hydrogens is 252 g/mol. The molecule has 0 aliphatic carbocycles. The maximum Gasteiger partial charge on any atom is 0.323 e. The first-order valence-corrected chi connectivity index (χ1v) is 7.11. The number of aryl methyl sites for hydroxylation is 2. The first-order valence-electron chi connectivity index (χ1n) is 7.11. The first kappa shape index (κ1) is 16.5. The molecule has 4 heteroatoms. The Bertz CT molecular complexity index is 426. The summed E-state index contributed by atoms with van der Waals surface area (Å²) < 4.78 is 5.05. The highest BCUT2D eigenvalue weighted by Gasteiger charge is 2.18. The van der Waals surface area contributed by atoms with E-state index in [-0.39, 0.29) is 12.0 Å². The van der Waals surface area contributed by atoms with Gasteiger partial charge in [0.25, 0.3) is 0 Å². The van der Waals surface area contributed by atoms with Gasteiger partial charge in [0.2, 0.25) is 0 Å². The van der Waals surface area contributed by atoms with E-state index in [1.54, 1.807) is 7.05 Å². The van der Waals surface area contributed by atoms with Crippen LogP contribution in [-0.4, -0.2) is 39.3 Å². The summed E-state index contributed by atoms with van der Waals surface area (Å²) in [5.74, 6) is -0.177. The third-order valence-corrected chi connectivity index (χ3v) is 3.32. The lowest BCUT2D eigenvalue weighted by Gasteiger charge is -2.23. The average molecular weight is 278 g/mol. The number of ether oxygens (including phenoxy) is 1. The summed E-state index contributed by atoms with van der Waals surface area (Å²) in [5.41, 5.74) is 3.69. The van der Waals surface area contributed by atoms with Crippen LogP contribution in [0.5, 0.6) is 0 Å². The number of rotatable bonds is 7. The van der Waals surface area contributed by atoms with E-state index < -0.39 is 0 Å². The summed E-state index contributed by atoms with van der Waals surface area (Å²) >= 11 is 0. The van der Waals surface area contributed by atoms with Crippen LogP contribution in [-0.2, 0) is 9.53 Å². The van der Waals surface area contributed by atoms with Gasteiger partial charge in [-0.25, -0.2) is 0 Å². The minimum atomic E-state index is -0.247. The van der Waals surface area contributed by atoms with Crippen LogP contribution >= 0.6 is 0 Å². The van der Waals surface area contributed by atoms with E-state index >= 15 is 0 Å². The number of carbonyl (C=O) groups is 1. The SMILES string of the molecule is CCOC(=O)C(CCN(C)c1cc(C)cc(C)c1)NC. The number of anilines is 1. The number of carbonyl (C=O) groups excluding carboxylic acids is 1. The predicted molar refractivity (Wildman–Crippen MR) is 83.3 cm³/mol. The molecule has 0 saturated carbocycles. The Morgan fingerprint density at radius 3 is 2.40 bits per heavy atom. The molecule has 0 saturated heterocycles. The molecule has 4 nitrogen and oxygen atoms in total. The van der Waals surface area contributed by atoms with Gasteiger partial charge in [-0.3, -0.25) is 4.79 Å². The molecule has 20 heavy (non-hydrogen) atoms. The summed E-state index contributed by atoms with van der Waals surface area (Å²) in [4.78, 5) is 13.9. The summed E-state index contributed by atoms with van der Waals surface area (Å²) in [7, 11) is 3.84. The molecule has 0 aliphatic heterocycles. The second kappa shape index (κ2) is 7.90. The topological polar surface area (TPSA) is 41.6 Å². The molecule has 0 fully saturated rings. The Morgan fingerprint density at radius 2 is 1.90 bits per heavy atom. The van der Waals surface area contributed by atoms with Crippen molar-refractivity contribution in [2.24, 2.45) is 0 Å². The zero-order valence-corrected chi connectivity index (χ0v) is 13.2. The molecule has 1 atom stereocenters. The number of esters is 1. The standard InChI is InChI=1S/C16H26N2O2/c1-6-20-16(19)15(17-4)7-8-18(5)14-10-12(2)9-13(3)11-14/h9-11,15,17H,6-8H2,1-5H3. The highest BCUT2D eigenvalue weighted by atomic mass is 16.5. The molecular formula is C16H26N2O2. The molecule has 1 unspecified atom stereocenters. The molecule has 0 heterocycles. The van der Waals surface area contributed by atoms with Gasteiger partial charge < -0.3 is 15.0 Å². The lowest BCUT2D eigenvalue weighted by Crippen LogP contribution is -2.38. The minimum Gasteiger partial charge on any atom is -0.465 e. The quantitative estimate of drug-likeness (QED) is 0.777. The van der Waals surface area contributed by atoms with Crippen molar-refractivity contribution in [2.75, 3.05) is 32.1 Å². The van der Waals surface area contributed by atoms with E-state index in [1.807, 2.05) is 14.0 Å². The third kappa shape index (κ3) is 4.85. The summed E-state index contributed by atoms with van der Waals surface area (Å²) in [5, 5.41) is 3.02. The number of hydrogen-bond donors (Lipinski definition) is 1. The summed E-state index contributed by atoms with van der Waals surface area (Å²) in [6.45, 7) is 7.24. The van der Waals surface area contributed by atoms with Crippen molar-refractivity contribution in [3.63, 3.8) is 0 Å². The highest BCUT2D eigenvalue weighted by molar-refractivity contribution is 5.75. The van der Waals surface area contributed by atoms with Crippen LogP contribution in [0.1, 0.15) is 24.5 Å². The largest absolute Gasteiger partial charge is 0.465 e. The molecule has 0 amide bonds. The normalized spacial score (nSPS) is 12.1. The molecule has 1 N–H and O–H groups in total. The van der Waals surface area contributed by atoms with E-state index in [0.29, 0.717) is 6.61 Å². The van der Waals surface area contributed by atoms with E-state index in [9.17, 15) is 4.79 Å². The minimum absolute atomic E-state index is 0.177. The Hall–Kier alpha value is -1.55. The Balaban J connectivity index is 2.61. The third-order valence-electron chi connectivity index (χ3n) is 3.32. The number of nitrogens with zero attached hydrogens (tertiary/aromatic N) is 1. The molecule has 1 aromatic rings. The Kier molecular flexibility index (Phi) is 6.52. The van der Waals surface area contributed by atoms with E-state index in [2.05, 4.69) is 42.3 Å². The van der Waals surface area contributed by atoms with Gasteiger partial charge in [0.1, 0.15) is 6.04 Å². The van der Waals surface area contributed by atoms with E-state index in [4.69, 9.17) is 4.74 Å². The zero-order valence-electron chi connectivity index (χ0n) is 13.2. The van der Waals surface area contributed by atoms with Gasteiger partial charge >= 0.3 is 5.97 Å². The van der Waals surface area contributed by atoms with Crippen LogP contribution < -0.4 is 10.2 Å². The molecule has 1 aromatic carbocycles. The van der Waals surface area contributed by atoms with Crippen molar-refractivity contribution in [1.29, 1.82) is 0 Å². The average Bonchev–Trinajstić information content (AvgIpc) is 2.38. The fraction of sp³-hybridized carbons (Fsp3) is 0.562. The van der Waals surface area contributed by atoms with Crippen LogP contribution in [0, 0.1) is 13.8 Å². The van der Waals surface area contributed by atoms with Crippen LogP contribution in [0.4, 0.5) is 5.69 Å². The Morgan fingerprint density at radius 1 is 1.30 bits per heavy atom. The van der Waals surface area contributed by atoms with Gasteiger partial charge in [0.05, 0.1) is 6.61 Å². The van der Waals surface area contributed by atoms with Crippen LogP contribution in [0.15, 0.2) is 18.2 Å². The van der Waals surface area contributed by atoms with Crippen molar-refractivity contribution in [3.05, 3.63) is 29.3 Å². The second-order valence-electron chi connectivity index (χ2n) is 5.15. The van der Waals surface area contributed by atoms with Gasteiger partial charge in [-0.05, 0) is 57.5 Å². The smallest absolute Gasteiger partial charge is 0.323 e. The lowest BCUT2D eigenvalue weighted by atomic mass is 10.1. The predicted octanol–water partition coefficient (Wildman–Crippen LogP) is 2.28. The molecule has 0 bridgehead atoms. The molecule has 1 rings (SSSR count). The van der Waals surface area contributed by atoms with Crippen LogP contribution in [0.3, 0.4) is 0 Å². The van der Waals surface area contributed by atoms with Crippen LogP contribution in [0.25, 0.3) is 0 Å². The Labute approximate surface area is 122 Å². The molecule has 0 aliphatic rings. The van der Waals surface area contributed by atoms with Gasteiger partial charge in [-0.2, -0.15) is 0 Å². The van der Waals surface area contributed by atoms with Crippen molar-refractivity contribution in [2.45, 2.75) is 33.2 Å². The maximum absolute atomic E-state index is 11.7. The summed E-state index contributed by atoms with van der Waals surface area (Å²) in [6.07, 6.45) is 0.721. The highest BCUT2D eigenvalue weighted by Crippen LogP contribution is 2.18. The zero-order chi connectivity index (χ0) is 15.1. The monoisotopic (exact) mass is 278 g/mol. The number of benzene rings is 1. The van der Waals surface area contributed by atoms with E-state index in [0.717, 1.165) is 13.0 Å². The molecule has 112 valence electrons. The maximum atomic E-state index is 11.7.